The van der Waals surface area contributed by atoms with Gasteiger partial charge >= 0.3 is 5.97 Å². The zero-order valence-corrected chi connectivity index (χ0v) is 19.2. The first-order valence-electron chi connectivity index (χ1n) is 10.6. The Morgan fingerprint density at radius 3 is 2.34 bits per heavy atom. The van der Waals surface area contributed by atoms with Crippen LogP contribution in [0.25, 0.3) is 11.0 Å². The molecule has 3 aromatic rings. The molecule has 1 atom stereocenters. The average Bonchev–Trinajstić information content (AvgIpc) is 3.17. The molecule has 168 valence electrons. The minimum absolute atomic E-state index is 0.0670. The van der Waals surface area contributed by atoms with Crippen molar-refractivity contribution in [3.05, 3.63) is 53.3 Å². The van der Waals surface area contributed by atoms with E-state index in [4.69, 9.17) is 4.74 Å². The highest BCUT2D eigenvalue weighted by molar-refractivity contribution is 6.06. The van der Waals surface area contributed by atoms with Crippen LogP contribution in [0.15, 0.2) is 36.5 Å². The molecule has 0 aliphatic heterocycles. The Morgan fingerprint density at radius 1 is 1.03 bits per heavy atom. The molecule has 1 N–H and O–H groups in total. The third-order valence-corrected chi connectivity index (χ3v) is 5.10. The monoisotopic (exact) mass is 436 g/mol. The number of carbonyl (C=O) groups excluding carboxylic acids is 3. The molecule has 1 unspecified atom stereocenters. The SMILES string of the molecule is CC(=O)c1ccccc1NC(=O)C(C)OC(=O)c1cc(C(C)C)nc2c1cnn2C(C)C. The summed E-state index contributed by atoms with van der Waals surface area (Å²) >= 11 is 0. The van der Waals surface area contributed by atoms with Crippen molar-refractivity contribution < 1.29 is 19.1 Å². The zero-order valence-electron chi connectivity index (χ0n) is 19.2. The highest BCUT2D eigenvalue weighted by Gasteiger charge is 2.24. The van der Waals surface area contributed by atoms with Crippen molar-refractivity contribution in [2.75, 3.05) is 5.32 Å². The van der Waals surface area contributed by atoms with Gasteiger partial charge in [0.25, 0.3) is 5.91 Å². The number of Topliss-reactive ketones (excluding diaryl/α,β-unsaturated/α-hetero) is 1. The van der Waals surface area contributed by atoms with Crippen LogP contribution >= 0.6 is 0 Å². The summed E-state index contributed by atoms with van der Waals surface area (Å²) in [6.45, 7) is 10.9. The quantitative estimate of drug-likeness (QED) is 0.431. The van der Waals surface area contributed by atoms with E-state index in [0.717, 1.165) is 5.69 Å². The lowest BCUT2D eigenvalue weighted by Gasteiger charge is -2.16. The van der Waals surface area contributed by atoms with Crippen molar-refractivity contribution in [1.82, 2.24) is 14.8 Å². The first-order chi connectivity index (χ1) is 15.1. The zero-order chi connectivity index (χ0) is 23.6. The summed E-state index contributed by atoms with van der Waals surface area (Å²) in [6, 6.07) is 8.45. The number of carbonyl (C=O) groups is 3. The number of hydrogen-bond acceptors (Lipinski definition) is 6. The average molecular weight is 437 g/mol. The van der Waals surface area contributed by atoms with E-state index >= 15 is 0 Å². The summed E-state index contributed by atoms with van der Waals surface area (Å²) in [4.78, 5) is 42.2. The van der Waals surface area contributed by atoms with Crippen LogP contribution in [0, 0.1) is 0 Å². The van der Waals surface area contributed by atoms with Crippen LogP contribution in [-0.4, -0.2) is 38.5 Å². The number of nitrogens with one attached hydrogen (secondary N) is 1. The number of para-hydroxylation sites is 1. The molecule has 0 aliphatic carbocycles. The number of rotatable bonds is 7. The van der Waals surface area contributed by atoms with Crippen molar-refractivity contribution in [3.63, 3.8) is 0 Å². The molecule has 32 heavy (non-hydrogen) atoms. The summed E-state index contributed by atoms with van der Waals surface area (Å²) in [5, 5.41) is 7.61. The maximum atomic E-state index is 13.0. The van der Waals surface area contributed by atoms with Crippen LogP contribution in [0.3, 0.4) is 0 Å². The van der Waals surface area contributed by atoms with Crippen molar-refractivity contribution in [3.8, 4) is 0 Å². The van der Waals surface area contributed by atoms with Gasteiger partial charge in [-0.05, 0) is 51.8 Å². The van der Waals surface area contributed by atoms with Gasteiger partial charge in [0, 0.05) is 17.3 Å². The Morgan fingerprint density at radius 2 is 1.72 bits per heavy atom. The lowest BCUT2D eigenvalue weighted by atomic mass is 10.1. The fourth-order valence-corrected chi connectivity index (χ4v) is 3.29. The molecule has 3 rings (SSSR count). The molecule has 8 nitrogen and oxygen atoms in total. The summed E-state index contributed by atoms with van der Waals surface area (Å²) in [7, 11) is 0. The molecule has 0 bridgehead atoms. The molecule has 1 aromatic carbocycles. The number of ketones is 1. The van der Waals surface area contributed by atoms with Gasteiger partial charge in [0.2, 0.25) is 0 Å². The number of hydrogen-bond donors (Lipinski definition) is 1. The molecule has 0 spiro atoms. The van der Waals surface area contributed by atoms with E-state index in [1.807, 2.05) is 27.7 Å². The highest BCUT2D eigenvalue weighted by Crippen LogP contribution is 2.25. The Balaban J connectivity index is 1.86. The summed E-state index contributed by atoms with van der Waals surface area (Å²) in [6.07, 6.45) is 0.519. The molecule has 0 aliphatic rings. The van der Waals surface area contributed by atoms with Crippen molar-refractivity contribution in [2.24, 2.45) is 0 Å². The maximum absolute atomic E-state index is 13.0. The molecule has 0 saturated carbocycles. The van der Waals surface area contributed by atoms with Gasteiger partial charge in [-0.3, -0.25) is 9.59 Å². The molecule has 2 heterocycles. The second-order valence-electron chi connectivity index (χ2n) is 8.31. The predicted octanol–water partition coefficient (Wildman–Crippen LogP) is 4.52. The number of aromatic nitrogens is 3. The minimum Gasteiger partial charge on any atom is -0.449 e. The van der Waals surface area contributed by atoms with E-state index in [9.17, 15) is 14.4 Å². The fraction of sp³-hybridized carbons (Fsp3) is 0.375. The van der Waals surface area contributed by atoms with Crippen LogP contribution in [-0.2, 0) is 9.53 Å². The first kappa shape index (κ1) is 23.1. The largest absolute Gasteiger partial charge is 0.449 e. The molecule has 0 saturated heterocycles. The van der Waals surface area contributed by atoms with E-state index in [-0.39, 0.29) is 17.7 Å². The van der Waals surface area contributed by atoms with Gasteiger partial charge < -0.3 is 10.1 Å². The number of fused-ring (bicyclic) bond motifs is 1. The lowest BCUT2D eigenvalue weighted by Crippen LogP contribution is -2.30. The van der Waals surface area contributed by atoms with E-state index in [2.05, 4.69) is 15.4 Å². The van der Waals surface area contributed by atoms with Crippen molar-refractivity contribution in [2.45, 2.75) is 59.6 Å². The fourth-order valence-electron chi connectivity index (χ4n) is 3.29. The summed E-state index contributed by atoms with van der Waals surface area (Å²) in [5.41, 5.74) is 2.41. The number of nitrogens with zero attached hydrogens (tertiary/aromatic N) is 3. The minimum atomic E-state index is -1.08. The molecule has 1 amide bonds. The van der Waals surface area contributed by atoms with Crippen LogP contribution < -0.4 is 5.32 Å². The van der Waals surface area contributed by atoms with E-state index < -0.39 is 18.0 Å². The topological polar surface area (TPSA) is 103 Å². The first-order valence-corrected chi connectivity index (χ1v) is 10.6. The Hall–Kier alpha value is -3.55. The molecular formula is C24H28N4O4. The van der Waals surface area contributed by atoms with Gasteiger partial charge in [-0.2, -0.15) is 5.10 Å². The second-order valence-corrected chi connectivity index (χ2v) is 8.31. The summed E-state index contributed by atoms with van der Waals surface area (Å²) in [5.74, 6) is -1.25. The Bertz CT molecular complexity index is 1180. The normalized spacial score (nSPS) is 12.2. The second kappa shape index (κ2) is 9.30. The van der Waals surface area contributed by atoms with Gasteiger partial charge in [-0.15, -0.1) is 0 Å². The Kier molecular flexibility index (Phi) is 6.72. The third kappa shape index (κ3) is 4.69. The van der Waals surface area contributed by atoms with Crippen LogP contribution in [0.4, 0.5) is 5.69 Å². The third-order valence-electron chi connectivity index (χ3n) is 5.10. The molecule has 0 radical (unpaired) electrons. The predicted molar refractivity (Wildman–Crippen MR) is 122 cm³/mol. The standard InChI is InChI=1S/C24H28N4O4/c1-13(2)21-11-18(19-12-25-28(14(3)4)22(19)26-21)24(31)32-16(6)23(30)27-20-10-8-7-9-17(20)15(5)29/h7-14,16H,1-6H3,(H,27,30). The number of pyridine rings is 1. The van der Waals surface area contributed by atoms with E-state index in [1.54, 1.807) is 41.2 Å². The number of ether oxygens (including phenoxy) is 1. The van der Waals surface area contributed by atoms with Crippen molar-refractivity contribution >= 4 is 34.4 Å². The van der Waals surface area contributed by atoms with Crippen LogP contribution in [0.5, 0.6) is 0 Å². The maximum Gasteiger partial charge on any atom is 0.339 e. The summed E-state index contributed by atoms with van der Waals surface area (Å²) < 4.78 is 7.24. The van der Waals surface area contributed by atoms with Gasteiger partial charge in [-0.25, -0.2) is 14.5 Å². The molecule has 8 heteroatoms. The lowest BCUT2D eigenvalue weighted by molar-refractivity contribution is -0.123. The highest BCUT2D eigenvalue weighted by atomic mass is 16.5. The Labute approximate surface area is 187 Å². The molecule has 0 fully saturated rings. The molecule has 2 aromatic heterocycles. The number of amides is 1. The van der Waals surface area contributed by atoms with Gasteiger partial charge in [0.1, 0.15) is 0 Å². The van der Waals surface area contributed by atoms with Crippen LogP contribution in [0.2, 0.25) is 0 Å². The van der Waals surface area contributed by atoms with Gasteiger partial charge in [0.05, 0.1) is 22.8 Å². The number of benzene rings is 1. The van der Waals surface area contributed by atoms with E-state index in [0.29, 0.717) is 27.8 Å². The van der Waals surface area contributed by atoms with Crippen molar-refractivity contribution in [1.29, 1.82) is 0 Å². The van der Waals surface area contributed by atoms with Crippen LogP contribution in [0.1, 0.15) is 79.9 Å². The van der Waals surface area contributed by atoms with Gasteiger partial charge in [0.15, 0.2) is 17.5 Å². The van der Waals surface area contributed by atoms with E-state index in [1.165, 1.54) is 13.8 Å². The number of esters is 1. The number of anilines is 1. The van der Waals surface area contributed by atoms with Gasteiger partial charge in [-0.1, -0.05) is 26.0 Å². The molecular weight excluding hydrogens is 408 g/mol. The smallest absolute Gasteiger partial charge is 0.339 e.